The smallest absolute Gasteiger partial charge is 0.335 e. The summed E-state index contributed by atoms with van der Waals surface area (Å²) in [5.74, 6) is -0.969. The van der Waals surface area contributed by atoms with E-state index >= 15 is 0 Å². The van der Waals surface area contributed by atoms with Crippen LogP contribution in [0.15, 0.2) is 70.7 Å². The molecule has 1 saturated heterocycles. The topological polar surface area (TPSA) is 123 Å². The van der Waals surface area contributed by atoms with Crippen molar-refractivity contribution in [3.05, 3.63) is 87.7 Å². The molecule has 0 spiro atoms. The van der Waals surface area contributed by atoms with Gasteiger partial charge in [-0.25, -0.2) is 9.69 Å². The highest BCUT2D eigenvalue weighted by Crippen LogP contribution is 2.29. The van der Waals surface area contributed by atoms with Gasteiger partial charge in [-0.05, 0) is 48.9 Å². The summed E-state index contributed by atoms with van der Waals surface area (Å²) < 4.78 is 5.74. The SMILES string of the molecule is Cc1cc([N+](=O)[O-])ccc1-c1ccc(/C=C2/C(=O)NC(=O)N(c3ccccc3)C2=O)o1. The third-order valence-electron chi connectivity index (χ3n) is 4.72. The van der Waals surface area contributed by atoms with E-state index in [0.717, 1.165) is 4.90 Å². The summed E-state index contributed by atoms with van der Waals surface area (Å²) in [4.78, 5) is 48.6. The highest BCUT2D eigenvalue weighted by atomic mass is 16.6. The second kappa shape index (κ2) is 7.71. The Morgan fingerprint density at radius 1 is 1.03 bits per heavy atom. The molecule has 1 aromatic heterocycles. The number of para-hydroxylation sites is 1. The van der Waals surface area contributed by atoms with Crippen LogP contribution in [0.3, 0.4) is 0 Å². The Morgan fingerprint density at radius 3 is 2.45 bits per heavy atom. The highest BCUT2D eigenvalue weighted by molar-refractivity contribution is 6.39. The third-order valence-corrected chi connectivity index (χ3v) is 4.72. The van der Waals surface area contributed by atoms with Gasteiger partial charge in [0.05, 0.1) is 10.6 Å². The van der Waals surface area contributed by atoms with Crippen molar-refractivity contribution in [1.82, 2.24) is 5.32 Å². The van der Waals surface area contributed by atoms with Gasteiger partial charge in [0, 0.05) is 17.7 Å². The zero-order chi connectivity index (χ0) is 22.1. The molecule has 31 heavy (non-hydrogen) atoms. The summed E-state index contributed by atoms with van der Waals surface area (Å²) in [7, 11) is 0. The molecule has 0 saturated carbocycles. The number of barbiturate groups is 1. The monoisotopic (exact) mass is 417 g/mol. The third kappa shape index (κ3) is 3.71. The lowest BCUT2D eigenvalue weighted by atomic mass is 10.1. The molecule has 1 aliphatic rings. The zero-order valence-electron chi connectivity index (χ0n) is 16.2. The van der Waals surface area contributed by atoms with Gasteiger partial charge in [-0.15, -0.1) is 0 Å². The maximum Gasteiger partial charge on any atom is 0.335 e. The molecule has 9 heteroatoms. The van der Waals surface area contributed by atoms with Gasteiger partial charge < -0.3 is 4.42 Å². The van der Waals surface area contributed by atoms with Crippen LogP contribution in [0.1, 0.15) is 11.3 Å². The van der Waals surface area contributed by atoms with Crippen LogP contribution in [0.2, 0.25) is 0 Å². The first-order valence-corrected chi connectivity index (χ1v) is 9.17. The van der Waals surface area contributed by atoms with Crippen LogP contribution in [0.5, 0.6) is 0 Å². The van der Waals surface area contributed by atoms with E-state index in [1.54, 1.807) is 55.5 Å². The van der Waals surface area contributed by atoms with Gasteiger partial charge in [-0.2, -0.15) is 0 Å². The first-order valence-electron chi connectivity index (χ1n) is 9.17. The summed E-state index contributed by atoms with van der Waals surface area (Å²) >= 11 is 0. The molecule has 1 aliphatic heterocycles. The lowest BCUT2D eigenvalue weighted by Gasteiger charge is -2.26. The van der Waals surface area contributed by atoms with Gasteiger partial charge in [0.25, 0.3) is 17.5 Å². The molecular weight excluding hydrogens is 402 g/mol. The van der Waals surface area contributed by atoms with E-state index in [0.29, 0.717) is 22.6 Å². The first kappa shape index (κ1) is 19.8. The molecule has 154 valence electrons. The molecule has 0 bridgehead atoms. The minimum absolute atomic E-state index is 0.0368. The Labute approximate surface area is 175 Å². The lowest BCUT2D eigenvalue weighted by Crippen LogP contribution is -2.54. The van der Waals surface area contributed by atoms with Crippen LogP contribution in [0.4, 0.5) is 16.2 Å². The van der Waals surface area contributed by atoms with Crippen LogP contribution in [0.25, 0.3) is 17.4 Å². The van der Waals surface area contributed by atoms with Crippen molar-refractivity contribution in [2.45, 2.75) is 6.92 Å². The number of amides is 4. The van der Waals surface area contributed by atoms with Crippen LogP contribution < -0.4 is 10.2 Å². The molecule has 4 amide bonds. The predicted molar refractivity (Wildman–Crippen MR) is 111 cm³/mol. The number of carbonyl (C=O) groups excluding carboxylic acids is 3. The van der Waals surface area contributed by atoms with Crippen molar-refractivity contribution < 1.29 is 23.7 Å². The fourth-order valence-electron chi connectivity index (χ4n) is 3.22. The van der Waals surface area contributed by atoms with Gasteiger partial charge in [0.15, 0.2) is 0 Å². The molecule has 2 aromatic carbocycles. The Hall–Kier alpha value is -4.53. The van der Waals surface area contributed by atoms with E-state index in [-0.39, 0.29) is 17.0 Å². The number of nitro groups is 1. The van der Waals surface area contributed by atoms with E-state index in [1.165, 1.54) is 18.2 Å². The quantitative estimate of drug-likeness (QED) is 0.298. The van der Waals surface area contributed by atoms with Crippen molar-refractivity contribution >= 4 is 35.3 Å². The van der Waals surface area contributed by atoms with Crippen molar-refractivity contribution in [2.24, 2.45) is 0 Å². The van der Waals surface area contributed by atoms with Crippen LogP contribution >= 0.6 is 0 Å². The van der Waals surface area contributed by atoms with Crippen molar-refractivity contribution in [3.8, 4) is 11.3 Å². The number of urea groups is 1. The molecule has 9 nitrogen and oxygen atoms in total. The van der Waals surface area contributed by atoms with Gasteiger partial charge in [0.1, 0.15) is 17.1 Å². The number of aryl methyl sites for hydroxylation is 1. The number of benzene rings is 2. The minimum Gasteiger partial charge on any atom is -0.457 e. The number of hydrogen-bond acceptors (Lipinski definition) is 6. The molecule has 2 heterocycles. The van der Waals surface area contributed by atoms with Gasteiger partial charge in [0.2, 0.25) is 0 Å². The number of nitrogens with one attached hydrogen (secondary N) is 1. The maximum absolute atomic E-state index is 12.9. The number of rotatable bonds is 4. The Balaban J connectivity index is 1.67. The number of nitrogens with zero attached hydrogens (tertiary/aromatic N) is 2. The molecule has 1 fully saturated rings. The first-order chi connectivity index (χ1) is 14.8. The Kier molecular flexibility index (Phi) is 4.92. The van der Waals surface area contributed by atoms with E-state index in [1.807, 2.05) is 0 Å². The number of nitro benzene ring substituents is 1. The number of imide groups is 2. The second-order valence-electron chi connectivity index (χ2n) is 6.75. The van der Waals surface area contributed by atoms with Crippen LogP contribution in [-0.4, -0.2) is 22.8 Å². The largest absolute Gasteiger partial charge is 0.457 e. The van der Waals surface area contributed by atoms with E-state index in [9.17, 15) is 24.5 Å². The molecular formula is C22H15N3O6. The summed E-state index contributed by atoms with van der Waals surface area (Å²) in [6, 6.07) is 14.9. The number of furan rings is 1. The van der Waals surface area contributed by atoms with Crippen LogP contribution in [0, 0.1) is 17.0 Å². The standard InChI is InChI=1S/C22H15N3O6/c1-13-11-15(25(29)30)7-9-17(13)19-10-8-16(31-19)12-18-20(26)23-22(28)24(21(18)27)14-5-3-2-4-6-14/h2-12H,1H3,(H,23,26,28)/b18-12-. The fraction of sp³-hybridized carbons (Fsp3) is 0.0455. The Bertz CT molecular complexity index is 1260. The molecule has 0 unspecified atom stereocenters. The minimum atomic E-state index is -0.833. The Morgan fingerprint density at radius 2 is 1.77 bits per heavy atom. The number of non-ortho nitro benzene ring substituents is 1. The van der Waals surface area contributed by atoms with Crippen LogP contribution in [-0.2, 0) is 9.59 Å². The second-order valence-corrected chi connectivity index (χ2v) is 6.75. The average Bonchev–Trinajstić information content (AvgIpc) is 3.20. The molecule has 0 atom stereocenters. The lowest BCUT2D eigenvalue weighted by molar-refractivity contribution is -0.384. The van der Waals surface area contributed by atoms with E-state index in [2.05, 4.69) is 5.32 Å². The molecule has 0 aliphatic carbocycles. The van der Waals surface area contributed by atoms with Gasteiger partial charge >= 0.3 is 6.03 Å². The average molecular weight is 417 g/mol. The molecule has 1 N–H and O–H groups in total. The number of hydrogen-bond donors (Lipinski definition) is 1. The summed E-state index contributed by atoms with van der Waals surface area (Å²) in [5, 5.41) is 13.1. The predicted octanol–water partition coefficient (Wildman–Crippen LogP) is 3.83. The molecule has 0 radical (unpaired) electrons. The number of anilines is 1. The number of carbonyl (C=O) groups is 3. The van der Waals surface area contributed by atoms with Crippen molar-refractivity contribution in [2.75, 3.05) is 4.90 Å². The highest BCUT2D eigenvalue weighted by Gasteiger charge is 2.37. The van der Waals surface area contributed by atoms with Crippen molar-refractivity contribution in [1.29, 1.82) is 0 Å². The van der Waals surface area contributed by atoms with Crippen molar-refractivity contribution in [3.63, 3.8) is 0 Å². The molecule has 3 aromatic rings. The summed E-state index contributed by atoms with van der Waals surface area (Å²) in [6.45, 7) is 1.71. The zero-order valence-corrected chi connectivity index (χ0v) is 16.2. The summed E-state index contributed by atoms with van der Waals surface area (Å²) in [5.41, 5.74) is 1.30. The normalized spacial score (nSPS) is 15.3. The summed E-state index contributed by atoms with van der Waals surface area (Å²) in [6.07, 6.45) is 1.25. The van der Waals surface area contributed by atoms with Gasteiger partial charge in [-0.1, -0.05) is 18.2 Å². The fourth-order valence-corrected chi connectivity index (χ4v) is 3.22. The van der Waals surface area contributed by atoms with E-state index in [4.69, 9.17) is 4.42 Å². The molecule has 4 rings (SSSR count). The van der Waals surface area contributed by atoms with Gasteiger partial charge in [-0.3, -0.25) is 25.0 Å². The van der Waals surface area contributed by atoms with E-state index < -0.39 is 22.8 Å². The maximum atomic E-state index is 12.9.